The quantitative estimate of drug-likeness (QED) is 0.839. The highest BCUT2D eigenvalue weighted by molar-refractivity contribution is 7.99. The summed E-state index contributed by atoms with van der Waals surface area (Å²) < 4.78 is 0. The molecule has 3 aliphatic rings. The molecule has 104 valence electrons. The van der Waals surface area contributed by atoms with Crippen molar-refractivity contribution in [3.8, 4) is 0 Å². The zero-order valence-corrected chi connectivity index (χ0v) is 12.4. The third-order valence-electron chi connectivity index (χ3n) is 5.58. The number of likely N-dealkylation sites (N-methyl/N-ethyl adjacent to an activating group) is 1. The molecule has 0 aromatic carbocycles. The molecule has 2 N–H and O–H groups in total. The van der Waals surface area contributed by atoms with Crippen LogP contribution in [0.2, 0.25) is 0 Å². The lowest BCUT2D eigenvalue weighted by Crippen LogP contribution is -2.63. The molecule has 3 saturated heterocycles. The van der Waals surface area contributed by atoms with Gasteiger partial charge in [0.2, 0.25) is 0 Å². The van der Waals surface area contributed by atoms with Gasteiger partial charge in [-0.05, 0) is 45.0 Å². The van der Waals surface area contributed by atoms with Crippen molar-refractivity contribution in [1.82, 2.24) is 9.80 Å². The van der Waals surface area contributed by atoms with Gasteiger partial charge in [0.05, 0.1) is 0 Å². The molecule has 0 aromatic rings. The molecule has 3 aliphatic heterocycles. The Hall–Kier alpha value is 0.230. The number of hydrogen-bond acceptors (Lipinski definition) is 4. The summed E-state index contributed by atoms with van der Waals surface area (Å²) in [5.41, 5.74) is 6.54. The molecule has 0 aliphatic carbocycles. The molecular weight excluding hydrogens is 242 g/mol. The van der Waals surface area contributed by atoms with Gasteiger partial charge in [-0.2, -0.15) is 11.8 Å². The SMILES string of the molecule is CN(C1CCSC1)C1(CN)CCN2CCCCC21. The van der Waals surface area contributed by atoms with Crippen molar-refractivity contribution < 1.29 is 0 Å². The maximum Gasteiger partial charge on any atom is 0.0499 e. The average molecular weight is 269 g/mol. The van der Waals surface area contributed by atoms with Crippen LogP contribution in [0.3, 0.4) is 0 Å². The first-order valence-electron chi connectivity index (χ1n) is 7.53. The van der Waals surface area contributed by atoms with Crippen molar-refractivity contribution in [1.29, 1.82) is 0 Å². The van der Waals surface area contributed by atoms with E-state index < -0.39 is 0 Å². The summed E-state index contributed by atoms with van der Waals surface area (Å²) in [5.74, 6) is 2.65. The van der Waals surface area contributed by atoms with Crippen molar-refractivity contribution in [3.05, 3.63) is 0 Å². The molecule has 3 fully saturated rings. The van der Waals surface area contributed by atoms with Crippen LogP contribution in [0.4, 0.5) is 0 Å². The third-order valence-corrected chi connectivity index (χ3v) is 6.72. The summed E-state index contributed by atoms with van der Waals surface area (Å²) in [4.78, 5) is 5.40. The van der Waals surface area contributed by atoms with Gasteiger partial charge in [-0.3, -0.25) is 9.80 Å². The Kier molecular flexibility index (Phi) is 3.90. The molecule has 0 bridgehead atoms. The molecule has 18 heavy (non-hydrogen) atoms. The van der Waals surface area contributed by atoms with E-state index in [9.17, 15) is 0 Å². The van der Waals surface area contributed by atoms with E-state index in [1.54, 1.807) is 0 Å². The van der Waals surface area contributed by atoms with Crippen molar-refractivity contribution >= 4 is 11.8 Å². The fraction of sp³-hybridized carbons (Fsp3) is 1.00. The highest BCUT2D eigenvalue weighted by Crippen LogP contribution is 2.40. The van der Waals surface area contributed by atoms with E-state index in [0.717, 1.165) is 18.6 Å². The second-order valence-electron chi connectivity index (χ2n) is 6.23. The average Bonchev–Trinajstić information content (AvgIpc) is 3.06. The molecule has 3 nitrogen and oxygen atoms in total. The first-order chi connectivity index (χ1) is 8.78. The van der Waals surface area contributed by atoms with Crippen molar-refractivity contribution in [2.45, 2.75) is 49.7 Å². The van der Waals surface area contributed by atoms with Crippen LogP contribution >= 0.6 is 11.8 Å². The van der Waals surface area contributed by atoms with E-state index in [1.807, 2.05) is 0 Å². The van der Waals surface area contributed by atoms with Crippen LogP contribution in [-0.2, 0) is 0 Å². The normalized spacial score (nSPS) is 41.5. The highest BCUT2D eigenvalue weighted by atomic mass is 32.2. The Bertz CT molecular complexity index is 293. The Morgan fingerprint density at radius 1 is 1.33 bits per heavy atom. The van der Waals surface area contributed by atoms with E-state index >= 15 is 0 Å². The summed E-state index contributed by atoms with van der Waals surface area (Å²) in [7, 11) is 2.35. The molecule has 0 aromatic heterocycles. The molecular formula is C14H27N3S. The zero-order valence-electron chi connectivity index (χ0n) is 11.6. The predicted molar refractivity (Wildman–Crippen MR) is 79.1 cm³/mol. The number of fused-ring (bicyclic) bond motifs is 1. The molecule has 3 rings (SSSR count). The van der Waals surface area contributed by atoms with Gasteiger partial charge in [-0.15, -0.1) is 0 Å². The van der Waals surface area contributed by atoms with Crippen LogP contribution in [0, 0.1) is 0 Å². The van der Waals surface area contributed by atoms with Crippen LogP contribution in [0.15, 0.2) is 0 Å². The van der Waals surface area contributed by atoms with E-state index in [1.165, 1.54) is 56.7 Å². The fourth-order valence-electron chi connectivity index (χ4n) is 4.36. The summed E-state index contributed by atoms with van der Waals surface area (Å²) in [6.45, 7) is 3.41. The maximum absolute atomic E-state index is 6.27. The molecule has 0 amide bonds. The summed E-state index contributed by atoms with van der Waals surface area (Å²) >= 11 is 2.11. The summed E-state index contributed by atoms with van der Waals surface area (Å²) in [6, 6.07) is 1.49. The Labute approximate surface area is 115 Å². The first-order valence-corrected chi connectivity index (χ1v) is 8.68. The topological polar surface area (TPSA) is 32.5 Å². The molecule has 0 radical (unpaired) electrons. The minimum atomic E-state index is 0.274. The fourth-order valence-corrected chi connectivity index (χ4v) is 5.62. The van der Waals surface area contributed by atoms with E-state index in [0.29, 0.717) is 0 Å². The molecule has 0 saturated carbocycles. The number of thioether (sulfide) groups is 1. The highest BCUT2D eigenvalue weighted by Gasteiger charge is 2.51. The monoisotopic (exact) mass is 269 g/mol. The summed E-state index contributed by atoms with van der Waals surface area (Å²) in [6.07, 6.45) is 6.79. The number of rotatable bonds is 3. The van der Waals surface area contributed by atoms with Gasteiger partial charge in [-0.1, -0.05) is 6.42 Å². The van der Waals surface area contributed by atoms with Gasteiger partial charge < -0.3 is 5.73 Å². The van der Waals surface area contributed by atoms with E-state index in [-0.39, 0.29) is 5.54 Å². The van der Waals surface area contributed by atoms with Gasteiger partial charge in [0.15, 0.2) is 0 Å². The second-order valence-corrected chi connectivity index (χ2v) is 7.38. The molecule has 3 heterocycles. The second kappa shape index (κ2) is 5.31. The minimum absolute atomic E-state index is 0.274. The third kappa shape index (κ3) is 2.01. The number of hydrogen-bond donors (Lipinski definition) is 1. The minimum Gasteiger partial charge on any atom is -0.329 e. The number of nitrogens with zero attached hydrogens (tertiary/aromatic N) is 2. The Morgan fingerprint density at radius 3 is 2.94 bits per heavy atom. The smallest absolute Gasteiger partial charge is 0.0499 e. The lowest BCUT2D eigenvalue weighted by atomic mass is 9.83. The molecule has 4 heteroatoms. The lowest BCUT2D eigenvalue weighted by molar-refractivity contribution is 0.0336. The van der Waals surface area contributed by atoms with Crippen LogP contribution < -0.4 is 5.73 Å². The van der Waals surface area contributed by atoms with Gasteiger partial charge >= 0.3 is 0 Å². The van der Waals surface area contributed by atoms with Crippen LogP contribution in [0.25, 0.3) is 0 Å². The van der Waals surface area contributed by atoms with Gasteiger partial charge in [0, 0.05) is 36.5 Å². The molecule has 0 spiro atoms. The lowest BCUT2D eigenvalue weighted by Gasteiger charge is -2.48. The first kappa shape index (κ1) is 13.2. The number of nitrogens with two attached hydrogens (primary N) is 1. The summed E-state index contributed by atoms with van der Waals surface area (Å²) in [5, 5.41) is 0. The van der Waals surface area contributed by atoms with Crippen molar-refractivity contribution in [2.75, 3.05) is 38.2 Å². The largest absolute Gasteiger partial charge is 0.329 e. The zero-order chi connectivity index (χ0) is 12.6. The predicted octanol–water partition coefficient (Wildman–Crippen LogP) is 1.38. The van der Waals surface area contributed by atoms with Gasteiger partial charge in [0.1, 0.15) is 0 Å². The molecule has 3 unspecified atom stereocenters. The van der Waals surface area contributed by atoms with E-state index in [4.69, 9.17) is 5.73 Å². The van der Waals surface area contributed by atoms with E-state index in [2.05, 4.69) is 28.6 Å². The maximum atomic E-state index is 6.27. The van der Waals surface area contributed by atoms with Crippen LogP contribution in [0.1, 0.15) is 32.1 Å². The van der Waals surface area contributed by atoms with Gasteiger partial charge in [-0.25, -0.2) is 0 Å². The van der Waals surface area contributed by atoms with Crippen LogP contribution in [-0.4, -0.2) is 65.6 Å². The number of piperidine rings is 1. The van der Waals surface area contributed by atoms with Crippen molar-refractivity contribution in [2.24, 2.45) is 5.73 Å². The van der Waals surface area contributed by atoms with Crippen LogP contribution in [0.5, 0.6) is 0 Å². The Morgan fingerprint density at radius 2 is 2.22 bits per heavy atom. The van der Waals surface area contributed by atoms with Gasteiger partial charge in [0.25, 0.3) is 0 Å². The Balaban J connectivity index is 1.80. The van der Waals surface area contributed by atoms with Crippen molar-refractivity contribution in [3.63, 3.8) is 0 Å². The molecule has 3 atom stereocenters. The standard InChI is InChI=1S/C14H27N3S/c1-16(12-5-9-18-10-12)14(11-15)6-8-17-7-3-2-4-13(14)17/h12-13H,2-11,15H2,1H3.